The van der Waals surface area contributed by atoms with Crippen molar-refractivity contribution in [2.24, 2.45) is 0 Å². The van der Waals surface area contributed by atoms with Crippen LogP contribution in [0.5, 0.6) is 0 Å². The summed E-state index contributed by atoms with van der Waals surface area (Å²) in [5.74, 6) is -0.617. The first-order valence-corrected chi connectivity index (χ1v) is 6.18. The molecule has 0 aliphatic heterocycles. The molecule has 1 N–H and O–H groups in total. The van der Waals surface area contributed by atoms with Gasteiger partial charge in [-0.1, -0.05) is 22.0 Å². The first-order valence-electron chi connectivity index (χ1n) is 5.06. The molecule has 0 aliphatic rings. The molecule has 92 valence electrons. The predicted molar refractivity (Wildman–Crippen MR) is 66.4 cm³/mol. The summed E-state index contributed by atoms with van der Waals surface area (Å²) in [5, 5.41) is 3.43. The van der Waals surface area contributed by atoms with Crippen molar-refractivity contribution in [1.82, 2.24) is 5.32 Å². The topological polar surface area (TPSA) is 55.4 Å². The zero-order valence-corrected chi connectivity index (χ0v) is 11.3. The first kappa shape index (κ1) is 15.2. The molecule has 16 heavy (non-hydrogen) atoms. The van der Waals surface area contributed by atoms with Gasteiger partial charge in [0.05, 0.1) is 7.11 Å². The molecular weight excluding hydrogens is 274 g/mol. The highest BCUT2D eigenvalue weighted by Crippen LogP contribution is 2.13. The number of ether oxygens (including phenoxy) is 1. The number of nitrogens with one attached hydrogen (secondary N) is 1. The van der Waals surface area contributed by atoms with Gasteiger partial charge in [-0.3, -0.25) is 4.79 Å². The zero-order valence-electron chi connectivity index (χ0n) is 9.72. The van der Waals surface area contributed by atoms with Gasteiger partial charge in [-0.05, 0) is 19.8 Å². The van der Waals surface area contributed by atoms with E-state index in [-0.39, 0.29) is 5.91 Å². The smallest absolute Gasteiger partial charge is 0.331 e. The Balaban J connectivity index is 4.48. The Hall–Kier alpha value is -0.840. The number of carbonyl (C=O) groups is 2. The third-order valence-electron chi connectivity index (χ3n) is 2.14. The molecule has 1 atom stereocenters. The van der Waals surface area contributed by atoms with E-state index >= 15 is 0 Å². The van der Waals surface area contributed by atoms with Crippen LogP contribution >= 0.6 is 15.9 Å². The van der Waals surface area contributed by atoms with E-state index < -0.39 is 11.5 Å². The van der Waals surface area contributed by atoms with Crippen LogP contribution in [0.25, 0.3) is 0 Å². The van der Waals surface area contributed by atoms with Gasteiger partial charge in [-0.15, -0.1) is 6.58 Å². The number of hydrogen-bond acceptors (Lipinski definition) is 3. The number of hydrogen-bond donors (Lipinski definition) is 1. The second-order valence-corrected chi connectivity index (χ2v) is 4.45. The average molecular weight is 292 g/mol. The van der Waals surface area contributed by atoms with Gasteiger partial charge in [0, 0.05) is 11.8 Å². The molecular formula is C11H18BrNO3. The van der Waals surface area contributed by atoms with E-state index in [1.807, 2.05) is 0 Å². The predicted octanol–water partition coefficient (Wildman–Crippen LogP) is 1.79. The number of amides is 1. The van der Waals surface area contributed by atoms with Crippen LogP contribution in [-0.2, 0) is 14.3 Å². The van der Waals surface area contributed by atoms with Gasteiger partial charge < -0.3 is 10.1 Å². The average Bonchev–Trinajstić information content (AvgIpc) is 2.25. The summed E-state index contributed by atoms with van der Waals surface area (Å²) in [6, 6.07) is 0. The Labute approximate surface area is 105 Å². The van der Waals surface area contributed by atoms with Crippen LogP contribution in [0.4, 0.5) is 0 Å². The summed E-state index contributed by atoms with van der Waals surface area (Å²) in [6.07, 6.45) is 3.05. The monoisotopic (exact) mass is 291 g/mol. The fraction of sp³-hybridized carbons (Fsp3) is 0.636. The number of alkyl halides is 1. The lowest BCUT2D eigenvalue weighted by Gasteiger charge is -2.26. The van der Waals surface area contributed by atoms with Crippen LogP contribution in [0.3, 0.4) is 0 Å². The van der Waals surface area contributed by atoms with Gasteiger partial charge in [-0.2, -0.15) is 0 Å². The minimum atomic E-state index is -1.01. The Morgan fingerprint density at radius 1 is 1.56 bits per heavy atom. The highest BCUT2D eigenvalue weighted by Gasteiger charge is 2.34. The Kier molecular flexibility index (Phi) is 7.05. The first-order chi connectivity index (χ1) is 7.50. The van der Waals surface area contributed by atoms with Crippen molar-refractivity contribution in [3.63, 3.8) is 0 Å². The lowest BCUT2D eigenvalue weighted by atomic mass is 9.97. The highest BCUT2D eigenvalue weighted by atomic mass is 79.9. The van der Waals surface area contributed by atoms with E-state index in [4.69, 9.17) is 0 Å². The van der Waals surface area contributed by atoms with E-state index in [0.29, 0.717) is 12.8 Å². The van der Waals surface area contributed by atoms with Gasteiger partial charge in [0.2, 0.25) is 5.91 Å². The fourth-order valence-corrected chi connectivity index (χ4v) is 1.58. The molecule has 0 bridgehead atoms. The Morgan fingerprint density at radius 3 is 2.62 bits per heavy atom. The van der Waals surface area contributed by atoms with E-state index in [1.165, 1.54) is 7.11 Å². The summed E-state index contributed by atoms with van der Waals surface area (Å²) < 4.78 is 4.66. The minimum Gasteiger partial charge on any atom is -0.467 e. The van der Waals surface area contributed by atoms with Gasteiger partial charge in [0.1, 0.15) is 5.54 Å². The van der Waals surface area contributed by atoms with Crippen LogP contribution in [0.2, 0.25) is 0 Å². The van der Waals surface area contributed by atoms with Crippen LogP contribution in [-0.4, -0.2) is 29.9 Å². The fourth-order valence-electron chi connectivity index (χ4n) is 1.30. The summed E-state index contributed by atoms with van der Waals surface area (Å²) in [6.45, 7) is 5.20. The van der Waals surface area contributed by atoms with Gasteiger partial charge in [0.25, 0.3) is 0 Å². The van der Waals surface area contributed by atoms with Gasteiger partial charge in [-0.25, -0.2) is 4.79 Å². The molecule has 0 saturated carbocycles. The van der Waals surface area contributed by atoms with Crippen molar-refractivity contribution in [3.05, 3.63) is 12.7 Å². The quantitative estimate of drug-likeness (QED) is 0.442. The SMILES string of the molecule is C=CC[C@@](C)(NC(=O)CCCBr)C(=O)OC. The molecule has 0 unspecified atom stereocenters. The van der Waals surface area contributed by atoms with Crippen molar-refractivity contribution in [3.8, 4) is 0 Å². The van der Waals surface area contributed by atoms with E-state index in [0.717, 1.165) is 11.8 Å². The number of rotatable bonds is 7. The molecule has 0 spiro atoms. The van der Waals surface area contributed by atoms with Crippen molar-refractivity contribution >= 4 is 27.8 Å². The molecule has 5 heteroatoms. The van der Waals surface area contributed by atoms with E-state index in [1.54, 1.807) is 13.0 Å². The van der Waals surface area contributed by atoms with Gasteiger partial charge >= 0.3 is 5.97 Å². The molecule has 0 aromatic carbocycles. The summed E-state index contributed by atoms with van der Waals surface area (Å²) in [5.41, 5.74) is -1.01. The molecule has 0 aromatic rings. The lowest BCUT2D eigenvalue weighted by Crippen LogP contribution is -2.52. The molecule has 0 fully saturated rings. The van der Waals surface area contributed by atoms with Crippen LogP contribution < -0.4 is 5.32 Å². The number of methoxy groups -OCH3 is 1. The number of esters is 1. The van der Waals surface area contributed by atoms with E-state index in [2.05, 4.69) is 32.6 Å². The standard InChI is InChI=1S/C11H18BrNO3/c1-4-7-11(2,10(15)16-3)13-9(14)6-5-8-12/h4H,1,5-8H2,2-3H3,(H,13,14)/t11-/m1/s1. The van der Waals surface area contributed by atoms with Crippen molar-refractivity contribution in [1.29, 1.82) is 0 Å². The number of carbonyl (C=O) groups excluding carboxylic acids is 2. The molecule has 0 rings (SSSR count). The van der Waals surface area contributed by atoms with Crippen molar-refractivity contribution in [2.45, 2.75) is 31.7 Å². The maximum absolute atomic E-state index is 11.5. The third kappa shape index (κ3) is 4.79. The molecule has 0 aromatic heterocycles. The summed E-state index contributed by atoms with van der Waals surface area (Å²) >= 11 is 3.24. The van der Waals surface area contributed by atoms with Crippen LogP contribution in [0, 0.1) is 0 Å². The molecule has 1 amide bonds. The summed E-state index contributed by atoms with van der Waals surface area (Å²) in [7, 11) is 1.30. The largest absolute Gasteiger partial charge is 0.467 e. The minimum absolute atomic E-state index is 0.158. The second-order valence-electron chi connectivity index (χ2n) is 3.66. The normalized spacial score (nSPS) is 13.7. The molecule has 0 aliphatic carbocycles. The second kappa shape index (κ2) is 7.44. The maximum atomic E-state index is 11.5. The Bertz CT molecular complexity index is 268. The number of halogens is 1. The molecule has 0 heterocycles. The van der Waals surface area contributed by atoms with E-state index in [9.17, 15) is 9.59 Å². The van der Waals surface area contributed by atoms with Crippen LogP contribution in [0.15, 0.2) is 12.7 Å². The van der Waals surface area contributed by atoms with Crippen molar-refractivity contribution < 1.29 is 14.3 Å². The molecule has 4 nitrogen and oxygen atoms in total. The van der Waals surface area contributed by atoms with Crippen LogP contribution in [0.1, 0.15) is 26.2 Å². The molecule has 0 saturated heterocycles. The van der Waals surface area contributed by atoms with Crippen molar-refractivity contribution in [2.75, 3.05) is 12.4 Å². The zero-order chi connectivity index (χ0) is 12.6. The third-order valence-corrected chi connectivity index (χ3v) is 2.70. The van der Waals surface area contributed by atoms with Gasteiger partial charge in [0.15, 0.2) is 0 Å². The Morgan fingerprint density at radius 2 is 2.19 bits per heavy atom. The maximum Gasteiger partial charge on any atom is 0.331 e. The highest BCUT2D eigenvalue weighted by molar-refractivity contribution is 9.09. The molecule has 0 radical (unpaired) electrons. The lowest BCUT2D eigenvalue weighted by molar-refractivity contribution is -0.150. The summed E-state index contributed by atoms with van der Waals surface area (Å²) in [4.78, 5) is 23.1.